The van der Waals surface area contributed by atoms with E-state index in [2.05, 4.69) is 15.3 Å². The van der Waals surface area contributed by atoms with E-state index in [0.29, 0.717) is 12.4 Å². The number of carbonyl (C=O) groups excluding carboxylic acids is 1. The summed E-state index contributed by atoms with van der Waals surface area (Å²) < 4.78 is 0. The van der Waals surface area contributed by atoms with Crippen molar-refractivity contribution in [3.05, 3.63) is 17.3 Å². The van der Waals surface area contributed by atoms with Crippen LogP contribution in [0.3, 0.4) is 0 Å². The van der Waals surface area contributed by atoms with Crippen molar-refractivity contribution in [2.75, 3.05) is 32.5 Å². The van der Waals surface area contributed by atoms with Gasteiger partial charge in [-0.05, 0) is 11.4 Å². The second kappa shape index (κ2) is 4.65. The first-order valence-corrected chi connectivity index (χ1v) is 6.99. The van der Waals surface area contributed by atoms with Crippen LogP contribution in [0.2, 0.25) is 0 Å². The van der Waals surface area contributed by atoms with Crippen LogP contribution in [0.15, 0.2) is 11.4 Å². The lowest BCUT2D eigenvalue weighted by atomic mass is 10.3. The maximum Gasteiger partial charge on any atom is 0.320 e. The van der Waals surface area contributed by atoms with Crippen molar-refractivity contribution in [1.82, 2.24) is 19.8 Å². The number of fused-ring (bicyclic) bond motifs is 1. The molecule has 0 spiro atoms. The molecule has 7 heteroatoms. The molecule has 0 unspecified atom stereocenters. The Morgan fingerprint density at radius 1 is 1.42 bits per heavy atom. The van der Waals surface area contributed by atoms with E-state index >= 15 is 0 Å². The molecule has 100 valence electrons. The summed E-state index contributed by atoms with van der Waals surface area (Å²) in [6, 6.07) is 2.05. The Kier molecular flexibility index (Phi) is 2.98. The first-order chi connectivity index (χ1) is 9.19. The fraction of sp³-hybridized carbons (Fsp3) is 0.417. The minimum Gasteiger partial charge on any atom is -0.372 e. The lowest BCUT2D eigenvalue weighted by molar-refractivity contribution is 0.196. The van der Waals surface area contributed by atoms with Gasteiger partial charge in [-0.15, -0.1) is 11.3 Å². The summed E-state index contributed by atoms with van der Waals surface area (Å²) in [5, 5.41) is 6.11. The minimum absolute atomic E-state index is 0.0425. The summed E-state index contributed by atoms with van der Waals surface area (Å²) in [5.74, 6) is 1.50. The van der Waals surface area contributed by atoms with E-state index in [1.54, 1.807) is 21.1 Å². The van der Waals surface area contributed by atoms with Gasteiger partial charge in [0.25, 0.3) is 0 Å². The number of hydrogen-bond donors (Lipinski definition) is 1. The van der Waals surface area contributed by atoms with Gasteiger partial charge in [0.1, 0.15) is 10.6 Å². The molecule has 2 amide bonds. The van der Waals surface area contributed by atoms with Crippen molar-refractivity contribution in [3.8, 4) is 0 Å². The van der Waals surface area contributed by atoms with Gasteiger partial charge in [-0.2, -0.15) is 0 Å². The largest absolute Gasteiger partial charge is 0.372 e. The van der Waals surface area contributed by atoms with Crippen molar-refractivity contribution in [1.29, 1.82) is 0 Å². The van der Waals surface area contributed by atoms with Crippen molar-refractivity contribution >= 4 is 33.4 Å². The van der Waals surface area contributed by atoms with E-state index in [-0.39, 0.29) is 6.03 Å². The van der Waals surface area contributed by atoms with Crippen LogP contribution < -0.4 is 5.32 Å². The fourth-order valence-corrected chi connectivity index (χ4v) is 2.96. The van der Waals surface area contributed by atoms with Crippen molar-refractivity contribution < 1.29 is 4.79 Å². The van der Waals surface area contributed by atoms with Crippen molar-refractivity contribution in [3.63, 3.8) is 0 Å². The molecule has 0 atom stereocenters. The zero-order chi connectivity index (χ0) is 13.4. The lowest BCUT2D eigenvalue weighted by Gasteiger charge is -2.15. The normalized spacial score (nSPS) is 15.6. The predicted octanol–water partition coefficient (Wildman–Crippen LogP) is 1.60. The third-order valence-corrected chi connectivity index (χ3v) is 4.05. The van der Waals surface area contributed by atoms with Crippen LogP contribution in [-0.4, -0.2) is 53.0 Å². The van der Waals surface area contributed by atoms with Gasteiger partial charge in [-0.25, -0.2) is 14.8 Å². The van der Waals surface area contributed by atoms with Crippen LogP contribution in [0.5, 0.6) is 0 Å². The van der Waals surface area contributed by atoms with Gasteiger partial charge in [0, 0.05) is 27.2 Å². The maximum atomic E-state index is 11.9. The standard InChI is InChI=1S/C12H15N5OS/c1-13-10-8-3-6-19-11(8)15-9(14-10)7-17-5-4-16(2)12(17)18/h3,6H,4-5,7H2,1-2H3,(H,13,14,15). The Morgan fingerprint density at radius 2 is 2.26 bits per heavy atom. The van der Waals surface area contributed by atoms with E-state index in [4.69, 9.17) is 0 Å². The quantitative estimate of drug-likeness (QED) is 0.925. The molecule has 2 aromatic rings. The summed E-state index contributed by atoms with van der Waals surface area (Å²) in [6.45, 7) is 1.96. The number of anilines is 1. The molecule has 2 aromatic heterocycles. The van der Waals surface area contributed by atoms with Crippen LogP contribution in [0.25, 0.3) is 10.2 Å². The molecule has 0 aliphatic carbocycles. The Balaban J connectivity index is 1.91. The van der Waals surface area contributed by atoms with Crippen LogP contribution in [0.1, 0.15) is 5.82 Å². The molecule has 1 saturated heterocycles. The molecule has 6 nitrogen and oxygen atoms in total. The first-order valence-electron chi connectivity index (χ1n) is 6.11. The lowest BCUT2D eigenvalue weighted by Crippen LogP contribution is -2.29. The highest BCUT2D eigenvalue weighted by atomic mass is 32.1. The Hall–Kier alpha value is -1.89. The van der Waals surface area contributed by atoms with Crippen LogP contribution in [0, 0.1) is 0 Å². The summed E-state index contributed by atoms with van der Waals surface area (Å²) >= 11 is 1.59. The van der Waals surface area contributed by atoms with E-state index in [9.17, 15) is 4.79 Å². The number of thiophene rings is 1. The Labute approximate surface area is 115 Å². The molecule has 0 radical (unpaired) electrons. The molecule has 1 aliphatic rings. The smallest absolute Gasteiger partial charge is 0.320 e. The molecular formula is C12H15N5OS. The molecule has 3 rings (SSSR count). The third kappa shape index (κ3) is 2.10. The second-order valence-electron chi connectivity index (χ2n) is 4.50. The van der Waals surface area contributed by atoms with Gasteiger partial charge in [-0.1, -0.05) is 0 Å². The number of aromatic nitrogens is 2. The SMILES string of the molecule is CNc1nc(CN2CCN(C)C2=O)nc2sccc12. The van der Waals surface area contributed by atoms with Crippen molar-refractivity contribution in [2.24, 2.45) is 0 Å². The zero-order valence-electron chi connectivity index (χ0n) is 10.9. The number of rotatable bonds is 3. The second-order valence-corrected chi connectivity index (χ2v) is 5.40. The number of hydrogen-bond acceptors (Lipinski definition) is 5. The number of amides is 2. The van der Waals surface area contributed by atoms with Crippen molar-refractivity contribution in [2.45, 2.75) is 6.54 Å². The Morgan fingerprint density at radius 3 is 2.95 bits per heavy atom. The van der Waals surface area contributed by atoms with Gasteiger partial charge in [0.15, 0.2) is 5.82 Å². The molecule has 0 bridgehead atoms. The zero-order valence-corrected chi connectivity index (χ0v) is 11.7. The number of nitrogens with one attached hydrogen (secondary N) is 1. The molecule has 0 aromatic carbocycles. The number of nitrogens with zero attached hydrogens (tertiary/aromatic N) is 4. The highest BCUT2D eigenvalue weighted by Gasteiger charge is 2.26. The van der Waals surface area contributed by atoms with Crippen LogP contribution in [0.4, 0.5) is 10.6 Å². The molecular weight excluding hydrogens is 262 g/mol. The first kappa shape index (κ1) is 12.2. The van der Waals surface area contributed by atoms with Gasteiger partial charge in [0.05, 0.1) is 11.9 Å². The van der Waals surface area contributed by atoms with Gasteiger partial charge in [-0.3, -0.25) is 0 Å². The third-order valence-electron chi connectivity index (χ3n) is 3.24. The van der Waals surface area contributed by atoms with Crippen LogP contribution in [-0.2, 0) is 6.54 Å². The van der Waals surface area contributed by atoms with Gasteiger partial charge in [0.2, 0.25) is 0 Å². The van der Waals surface area contributed by atoms with E-state index < -0.39 is 0 Å². The summed E-state index contributed by atoms with van der Waals surface area (Å²) in [5.41, 5.74) is 0. The molecule has 0 saturated carbocycles. The highest BCUT2D eigenvalue weighted by molar-refractivity contribution is 7.16. The van der Waals surface area contributed by atoms with Gasteiger partial charge >= 0.3 is 6.03 Å². The fourth-order valence-electron chi connectivity index (χ4n) is 2.18. The number of urea groups is 1. The summed E-state index contributed by atoms with van der Waals surface area (Å²) in [6.07, 6.45) is 0. The average molecular weight is 277 g/mol. The molecule has 1 N–H and O–H groups in total. The van der Waals surface area contributed by atoms with E-state index in [1.807, 2.05) is 25.5 Å². The summed E-state index contributed by atoms with van der Waals surface area (Å²) in [7, 11) is 3.66. The van der Waals surface area contributed by atoms with Crippen LogP contribution >= 0.6 is 11.3 Å². The average Bonchev–Trinajstić information content (AvgIpc) is 2.99. The molecule has 19 heavy (non-hydrogen) atoms. The number of carbonyl (C=O) groups is 1. The molecule has 1 aliphatic heterocycles. The number of likely N-dealkylation sites (N-methyl/N-ethyl adjacent to an activating group) is 1. The maximum absolute atomic E-state index is 11.9. The van der Waals surface area contributed by atoms with E-state index in [0.717, 1.165) is 29.1 Å². The predicted molar refractivity (Wildman–Crippen MR) is 75.4 cm³/mol. The minimum atomic E-state index is 0.0425. The topological polar surface area (TPSA) is 61.4 Å². The summed E-state index contributed by atoms with van der Waals surface area (Å²) in [4.78, 5) is 25.3. The van der Waals surface area contributed by atoms with Gasteiger partial charge < -0.3 is 15.1 Å². The Bertz CT molecular complexity index is 626. The molecule has 3 heterocycles. The van der Waals surface area contributed by atoms with E-state index in [1.165, 1.54) is 0 Å². The highest BCUT2D eigenvalue weighted by Crippen LogP contribution is 2.25. The molecule has 1 fully saturated rings. The monoisotopic (exact) mass is 277 g/mol.